The van der Waals surface area contributed by atoms with E-state index in [1.807, 2.05) is 0 Å². The van der Waals surface area contributed by atoms with Crippen LogP contribution < -0.4 is 0 Å². The molecule has 0 amide bonds. The molecule has 16 heavy (non-hydrogen) atoms. The summed E-state index contributed by atoms with van der Waals surface area (Å²) >= 11 is 0. The normalized spacial score (nSPS) is 28.4. The molecule has 1 aliphatic carbocycles. The van der Waals surface area contributed by atoms with E-state index in [2.05, 4.69) is 45.0 Å². The van der Waals surface area contributed by atoms with Gasteiger partial charge in [0.2, 0.25) is 0 Å². The van der Waals surface area contributed by atoms with Crippen LogP contribution in [-0.4, -0.2) is 11.7 Å². The molecular weight excluding hydrogens is 196 g/mol. The average Bonchev–Trinajstić information content (AvgIpc) is 2.91. The predicted octanol–water partition coefficient (Wildman–Crippen LogP) is 3.16. The molecule has 1 nitrogen and oxygen atoms in total. The fourth-order valence-electron chi connectivity index (χ4n) is 2.57. The molecule has 0 bridgehead atoms. The molecule has 2 atom stereocenters. The van der Waals surface area contributed by atoms with Crippen LogP contribution in [0.4, 0.5) is 0 Å². The molecule has 0 saturated heterocycles. The van der Waals surface area contributed by atoms with Crippen LogP contribution in [0.3, 0.4) is 0 Å². The SMILES string of the molecule is CC(C)Cc1ccc(C2(C)CC2CO)cc1. The summed E-state index contributed by atoms with van der Waals surface area (Å²) in [5, 5.41) is 9.18. The summed E-state index contributed by atoms with van der Waals surface area (Å²) in [6.07, 6.45) is 2.29. The molecule has 0 heterocycles. The quantitative estimate of drug-likeness (QED) is 0.823. The third-order valence-electron chi connectivity index (χ3n) is 3.89. The molecule has 0 radical (unpaired) electrons. The van der Waals surface area contributed by atoms with Crippen molar-refractivity contribution >= 4 is 0 Å². The van der Waals surface area contributed by atoms with Crippen molar-refractivity contribution in [3.8, 4) is 0 Å². The number of hydrogen-bond donors (Lipinski definition) is 1. The highest BCUT2D eigenvalue weighted by molar-refractivity contribution is 5.34. The Balaban J connectivity index is 2.09. The van der Waals surface area contributed by atoms with Crippen LogP contribution in [0.1, 0.15) is 38.3 Å². The van der Waals surface area contributed by atoms with E-state index in [0.29, 0.717) is 18.4 Å². The van der Waals surface area contributed by atoms with Gasteiger partial charge in [0.1, 0.15) is 0 Å². The molecule has 2 unspecified atom stereocenters. The first-order valence-corrected chi connectivity index (χ1v) is 6.26. The summed E-state index contributed by atoms with van der Waals surface area (Å²) in [6, 6.07) is 8.97. The number of rotatable bonds is 4. The summed E-state index contributed by atoms with van der Waals surface area (Å²) in [6.45, 7) is 7.07. The second kappa shape index (κ2) is 4.21. The summed E-state index contributed by atoms with van der Waals surface area (Å²) in [7, 11) is 0. The second-order valence-corrected chi connectivity index (χ2v) is 5.80. The van der Waals surface area contributed by atoms with Gasteiger partial charge in [0, 0.05) is 6.61 Å². The molecular formula is C15H22O. The maximum Gasteiger partial charge on any atom is 0.0468 e. The van der Waals surface area contributed by atoms with Gasteiger partial charge in [-0.3, -0.25) is 0 Å². The highest BCUT2D eigenvalue weighted by Gasteiger charge is 2.50. The lowest BCUT2D eigenvalue weighted by Gasteiger charge is -2.12. The molecule has 0 aromatic heterocycles. The highest BCUT2D eigenvalue weighted by atomic mass is 16.3. The van der Waals surface area contributed by atoms with Crippen molar-refractivity contribution in [2.45, 2.75) is 39.0 Å². The number of aliphatic hydroxyl groups is 1. The fraction of sp³-hybridized carbons (Fsp3) is 0.600. The Kier molecular flexibility index (Phi) is 3.07. The molecule has 0 spiro atoms. The van der Waals surface area contributed by atoms with Crippen molar-refractivity contribution < 1.29 is 5.11 Å². The van der Waals surface area contributed by atoms with Crippen molar-refractivity contribution in [1.82, 2.24) is 0 Å². The van der Waals surface area contributed by atoms with Gasteiger partial charge in [0.25, 0.3) is 0 Å². The van der Waals surface area contributed by atoms with Crippen LogP contribution in [0, 0.1) is 11.8 Å². The molecule has 1 fully saturated rings. The minimum Gasteiger partial charge on any atom is -0.396 e. The van der Waals surface area contributed by atoms with Crippen LogP contribution in [0.2, 0.25) is 0 Å². The third-order valence-corrected chi connectivity index (χ3v) is 3.89. The van der Waals surface area contributed by atoms with Crippen LogP contribution in [0.25, 0.3) is 0 Å². The fourth-order valence-corrected chi connectivity index (χ4v) is 2.57. The van der Waals surface area contributed by atoms with Gasteiger partial charge in [-0.25, -0.2) is 0 Å². The molecule has 88 valence electrons. The largest absolute Gasteiger partial charge is 0.396 e. The molecule has 1 aliphatic rings. The van der Waals surface area contributed by atoms with Gasteiger partial charge >= 0.3 is 0 Å². The first-order valence-electron chi connectivity index (χ1n) is 6.26. The highest BCUT2D eigenvalue weighted by Crippen LogP contribution is 2.53. The van der Waals surface area contributed by atoms with E-state index >= 15 is 0 Å². The van der Waals surface area contributed by atoms with Gasteiger partial charge in [-0.05, 0) is 41.2 Å². The number of hydrogen-bond acceptors (Lipinski definition) is 1. The summed E-state index contributed by atoms with van der Waals surface area (Å²) in [5.74, 6) is 1.19. The Morgan fingerprint density at radius 3 is 2.38 bits per heavy atom. The van der Waals surface area contributed by atoms with Crippen molar-refractivity contribution in [2.24, 2.45) is 11.8 Å². The zero-order valence-corrected chi connectivity index (χ0v) is 10.5. The maximum absolute atomic E-state index is 9.18. The summed E-state index contributed by atoms with van der Waals surface area (Å²) in [4.78, 5) is 0. The van der Waals surface area contributed by atoms with Crippen molar-refractivity contribution in [3.63, 3.8) is 0 Å². The third kappa shape index (κ3) is 2.15. The minimum absolute atomic E-state index is 0.241. The van der Waals surface area contributed by atoms with Crippen molar-refractivity contribution in [2.75, 3.05) is 6.61 Å². The van der Waals surface area contributed by atoms with Gasteiger partial charge in [-0.2, -0.15) is 0 Å². The smallest absolute Gasteiger partial charge is 0.0468 e. The summed E-state index contributed by atoms with van der Waals surface area (Å²) < 4.78 is 0. The Bertz CT molecular complexity index is 352. The average molecular weight is 218 g/mol. The van der Waals surface area contributed by atoms with Gasteiger partial charge in [0.05, 0.1) is 0 Å². The van der Waals surface area contributed by atoms with Crippen molar-refractivity contribution in [1.29, 1.82) is 0 Å². The molecule has 1 heteroatoms. The Labute approximate surface area is 98.5 Å². The Morgan fingerprint density at radius 2 is 1.94 bits per heavy atom. The number of aliphatic hydroxyl groups excluding tert-OH is 1. The van der Waals surface area contributed by atoms with E-state index in [-0.39, 0.29) is 5.41 Å². The molecule has 1 saturated carbocycles. The van der Waals surface area contributed by atoms with Crippen LogP contribution in [0.15, 0.2) is 24.3 Å². The Morgan fingerprint density at radius 1 is 1.31 bits per heavy atom. The minimum atomic E-state index is 0.241. The van der Waals surface area contributed by atoms with E-state index in [1.165, 1.54) is 11.1 Å². The van der Waals surface area contributed by atoms with Gasteiger partial charge < -0.3 is 5.11 Å². The van der Waals surface area contributed by atoms with E-state index in [1.54, 1.807) is 0 Å². The van der Waals surface area contributed by atoms with Gasteiger partial charge in [0.15, 0.2) is 0 Å². The topological polar surface area (TPSA) is 20.2 Å². The van der Waals surface area contributed by atoms with E-state index in [0.717, 1.165) is 12.8 Å². The molecule has 1 aromatic carbocycles. The first-order chi connectivity index (χ1) is 7.56. The van der Waals surface area contributed by atoms with Crippen molar-refractivity contribution in [3.05, 3.63) is 35.4 Å². The summed E-state index contributed by atoms with van der Waals surface area (Å²) in [5.41, 5.74) is 3.05. The van der Waals surface area contributed by atoms with Crippen LogP contribution >= 0.6 is 0 Å². The molecule has 0 aliphatic heterocycles. The lowest BCUT2D eigenvalue weighted by atomic mass is 9.93. The van der Waals surface area contributed by atoms with Gasteiger partial charge in [-0.1, -0.05) is 45.0 Å². The van der Waals surface area contributed by atoms with E-state index in [9.17, 15) is 5.11 Å². The standard InChI is InChI=1S/C15H22O/c1-11(2)8-12-4-6-13(7-5-12)15(3)9-14(15)10-16/h4-7,11,14,16H,8-10H2,1-3H3. The predicted molar refractivity (Wildman–Crippen MR) is 67.5 cm³/mol. The zero-order chi connectivity index (χ0) is 11.8. The van der Waals surface area contributed by atoms with Crippen LogP contribution in [-0.2, 0) is 11.8 Å². The lowest BCUT2D eigenvalue weighted by molar-refractivity contribution is 0.265. The Hall–Kier alpha value is -0.820. The monoisotopic (exact) mass is 218 g/mol. The maximum atomic E-state index is 9.18. The lowest BCUT2D eigenvalue weighted by Crippen LogP contribution is -2.07. The first kappa shape index (κ1) is 11.7. The second-order valence-electron chi connectivity index (χ2n) is 5.80. The van der Waals surface area contributed by atoms with E-state index in [4.69, 9.17) is 0 Å². The zero-order valence-electron chi connectivity index (χ0n) is 10.5. The molecule has 1 aromatic rings. The number of benzene rings is 1. The van der Waals surface area contributed by atoms with E-state index < -0.39 is 0 Å². The van der Waals surface area contributed by atoms with Crippen LogP contribution in [0.5, 0.6) is 0 Å². The molecule has 1 N–H and O–H groups in total. The molecule has 2 rings (SSSR count). The van der Waals surface area contributed by atoms with Gasteiger partial charge in [-0.15, -0.1) is 0 Å².